The number of hydrogen-bond donors (Lipinski definition) is 1. The molecule has 0 aliphatic heterocycles. The summed E-state index contributed by atoms with van der Waals surface area (Å²) in [6.07, 6.45) is 0. The molecule has 7 heteroatoms. The fourth-order valence-corrected chi connectivity index (χ4v) is 4.78. The molecule has 2 N–H and O–H groups in total. The van der Waals surface area contributed by atoms with Crippen LogP contribution in [0.4, 0.5) is 0 Å². The summed E-state index contributed by atoms with van der Waals surface area (Å²) in [6.45, 7) is 0.317. The molecule has 0 fully saturated rings. The lowest BCUT2D eigenvalue weighted by molar-refractivity contribution is 0.595. The number of nitrogens with zero attached hydrogens (tertiary/aromatic N) is 1. The van der Waals surface area contributed by atoms with Crippen molar-refractivity contribution in [2.45, 2.75) is 17.2 Å². The van der Waals surface area contributed by atoms with E-state index in [0.717, 1.165) is 10.6 Å². The molecular weight excluding hydrogens is 364 g/mol. The highest BCUT2D eigenvalue weighted by molar-refractivity contribution is 7.90. The van der Waals surface area contributed by atoms with Crippen molar-refractivity contribution in [2.24, 2.45) is 5.73 Å². The van der Waals surface area contributed by atoms with E-state index in [1.165, 1.54) is 17.4 Å². The number of rotatable bonds is 5. The third-order valence-electron chi connectivity index (χ3n) is 3.48. The van der Waals surface area contributed by atoms with Crippen LogP contribution in [0.15, 0.2) is 58.8 Å². The molecule has 1 heterocycles. The first kappa shape index (κ1) is 17.1. The van der Waals surface area contributed by atoms with Gasteiger partial charge in [-0.25, -0.2) is 13.4 Å². The van der Waals surface area contributed by atoms with Crippen molar-refractivity contribution in [1.29, 1.82) is 0 Å². The standard InChI is InChI=1S/C17H15ClN2O2S2/c18-13-6-7-16(14(8-13)15-10-23-17(9-19)20-15)24(21,22)11-12-4-2-1-3-5-12/h1-8,10H,9,11,19H2. The third-order valence-corrected chi connectivity index (χ3v) is 6.32. The summed E-state index contributed by atoms with van der Waals surface area (Å²) >= 11 is 7.47. The molecule has 3 rings (SSSR count). The largest absolute Gasteiger partial charge is 0.325 e. The quantitative estimate of drug-likeness (QED) is 0.730. The highest BCUT2D eigenvalue weighted by Gasteiger charge is 2.22. The van der Waals surface area contributed by atoms with E-state index in [0.29, 0.717) is 22.8 Å². The average Bonchev–Trinajstić information content (AvgIpc) is 3.04. The maximum Gasteiger partial charge on any atom is 0.183 e. The normalized spacial score (nSPS) is 11.6. The lowest BCUT2D eigenvalue weighted by Crippen LogP contribution is -2.07. The maximum absolute atomic E-state index is 12.9. The molecule has 0 bridgehead atoms. The Bertz CT molecular complexity index is 954. The zero-order valence-corrected chi connectivity index (χ0v) is 15.0. The number of hydrogen-bond acceptors (Lipinski definition) is 5. The zero-order valence-electron chi connectivity index (χ0n) is 12.6. The van der Waals surface area contributed by atoms with Gasteiger partial charge in [0.1, 0.15) is 5.01 Å². The summed E-state index contributed by atoms with van der Waals surface area (Å²) in [7, 11) is -3.53. The molecule has 0 amide bonds. The highest BCUT2D eigenvalue weighted by Crippen LogP contribution is 2.32. The van der Waals surface area contributed by atoms with Gasteiger partial charge in [0.05, 0.1) is 16.3 Å². The summed E-state index contributed by atoms with van der Waals surface area (Å²) in [4.78, 5) is 4.62. The van der Waals surface area contributed by atoms with Crippen molar-refractivity contribution in [3.8, 4) is 11.3 Å². The van der Waals surface area contributed by atoms with Crippen LogP contribution in [0, 0.1) is 0 Å². The lowest BCUT2D eigenvalue weighted by Gasteiger charge is -2.10. The van der Waals surface area contributed by atoms with Crippen LogP contribution in [0.5, 0.6) is 0 Å². The fourth-order valence-electron chi connectivity index (χ4n) is 2.37. The SMILES string of the molecule is NCc1nc(-c2cc(Cl)ccc2S(=O)(=O)Cc2ccccc2)cs1. The second-order valence-corrected chi connectivity index (χ2v) is 8.55. The van der Waals surface area contributed by atoms with Crippen LogP contribution in [0.2, 0.25) is 5.02 Å². The van der Waals surface area contributed by atoms with Crippen molar-refractivity contribution >= 4 is 32.8 Å². The number of benzene rings is 2. The first-order valence-electron chi connectivity index (χ1n) is 7.20. The van der Waals surface area contributed by atoms with Crippen LogP contribution >= 0.6 is 22.9 Å². The van der Waals surface area contributed by atoms with E-state index < -0.39 is 9.84 Å². The first-order valence-corrected chi connectivity index (χ1v) is 10.1. The Kier molecular flexibility index (Phi) is 5.01. The highest BCUT2D eigenvalue weighted by atomic mass is 35.5. The van der Waals surface area contributed by atoms with Crippen molar-refractivity contribution in [2.75, 3.05) is 0 Å². The molecule has 4 nitrogen and oxygen atoms in total. The molecule has 1 aromatic heterocycles. The van der Waals surface area contributed by atoms with Gasteiger partial charge >= 0.3 is 0 Å². The Balaban J connectivity index is 2.07. The summed E-state index contributed by atoms with van der Waals surface area (Å²) in [6, 6.07) is 13.8. The third kappa shape index (κ3) is 3.67. The number of thiazole rings is 1. The summed E-state index contributed by atoms with van der Waals surface area (Å²) < 4.78 is 25.8. The van der Waals surface area contributed by atoms with Gasteiger partial charge in [0.25, 0.3) is 0 Å². The van der Waals surface area contributed by atoms with Crippen LogP contribution in [0.1, 0.15) is 10.6 Å². The molecule has 0 spiro atoms. The Morgan fingerprint density at radius 2 is 1.88 bits per heavy atom. The Morgan fingerprint density at radius 3 is 2.54 bits per heavy atom. The number of halogens is 1. The topological polar surface area (TPSA) is 73.0 Å². The molecule has 0 atom stereocenters. The molecule has 24 heavy (non-hydrogen) atoms. The van der Waals surface area contributed by atoms with E-state index in [1.54, 1.807) is 29.6 Å². The smallest absolute Gasteiger partial charge is 0.183 e. The first-order chi connectivity index (χ1) is 11.5. The second-order valence-electron chi connectivity index (χ2n) is 5.22. The predicted molar refractivity (Wildman–Crippen MR) is 97.8 cm³/mol. The van der Waals surface area contributed by atoms with E-state index in [-0.39, 0.29) is 10.6 Å². The van der Waals surface area contributed by atoms with Crippen LogP contribution in [0.25, 0.3) is 11.3 Å². The van der Waals surface area contributed by atoms with Gasteiger partial charge in [-0.3, -0.25) is 0 Å². The zero-order chi connectivity index (χ0) is 17.2. The molecule has 3 aromatic rings. The molecule has 0 saturated heterocycles. The Hall–Kier alpha value is -1.73. The predicted octanol–water partition coefficient (Wildman–Crippen LogP) is 3.90. The minimum Gasteiger partial charge on any atom is -0.325 e. The fraction of sp³-hybridized carbons (Fsp3) is 0.118. The maximum atomic E-state index is 12.9. The lowest BCUT2D eigenvalue weighted by atomic mass is 10.2. The molecule has 0 radical (unpaired) electrons. The summed E-state index contributed by atoms with van der Waals surface area (Å²) in [5.41, 5.74) is 7.42. The van der Waals surface area contributed by atoms with E-state index in [2.05, 4.69) is 4.98 Å². The number of sulfone groups is 1. The van der Waals surface area contributed by atoms with Crippen molar-refractivity contribution in [3.05, 3.63) is 69.5 Å². The minimum absolute atomic E-state index is 0.0731. The molecule has 124 valence electrons. The van der Waals surface area contributed by atoms with Crippen LogP contribution in [-0.2, 0) is 22.1 Å². The minimum atomic E-state index is -3.53. The van der Waals surface area contributed by atoms with Gasteiger partial charge in [-0.15, -0.1) is 11.3 Å². The second kappa shape index (κ2) is 7.03. The van der Waals surface area contributed by atoms with Crippen molar-refractivity contribution < 1.29 is 8.42 Å². The Morgan fingerprint density at radius 1 is 1.12 bits per heavy atom. The van der Waals surface area contributed by atoms with Gasteiger partial charge in [0.2, 0.25) is 0 Å². The van der Waals surface area contributed by atoms with Gasteiger partial charge in [0, 0.05) is 22.5 Å². The van der Waals surface area contributed by atoms with Crippen LogP contribution < -0.4 is 5.73 Å². The van der Waals surface area contributed by atoms with Gasteiger partial charge in [-0.2, -0.15) is 0 Å². The average molecular weight is 379 g/mol. The summed E-state index contributed by atoms with van der Waals surface area (Å²) in [5.74, 6) is -0.0731. The van der Waals surface area contributed by atoms with Gasteiger partial charge in [-0.05, 0) is 23.8 Å². The molecule has 0 saturated carbocycles. The van der Waals surface area contributed by atoms with Gasteiger partial charge in [-0.1, -0.05) is 41.9 Å². The Labute approximate surface area is 149 Å². The molecule has 0 unspecified atom stereocenters. The molecule has 2 aromatic carbocycles. The van der Waals surface area contributed by atoms with Gasteiger partial charge in [0.15, 0.2) is 9.84 Å². The van der Waals surface area contributed by atoms with E-state index in [4.69, 9.17) is 17.3 Å². The molecule has 0 aliphatic carbocycles. The molecular formula is C17H15ClN2O2S2. The van der Waals surface area contributed by atoms with Crippen molar-refractivity contribution in [1.82, 2.24) is 4.98 Å². The van der Waals surface area contributed by atoms with Crippen LogP contribution in [0.3, 0.4) is 0 Å². The number of aromatic nitrogens is 1. The van der Waals surface area contributed by atoms with E-state index in [1.807, 2.05) is 18.2 Å². The number of nitrogens with two attached hydrogens (primary N) is 1. The van der Waals surface area contributed by atoms with Crippen molar-refractivity contribution in [3.63, 3.8) is 0 Å². The monoisotopic (exact) mass is 378 g/mol. The van der Waals surface area contributed by atoms with E-state index in [9.17, 15) is 8.42 Å². The van der Waals surface area contributed by atoms with E-state index >= 15 is 0 Å². The molecule has 0 aliphatic rings. The van der Waals surface area contributed by atoms with Crippen LogP contribution in [-0.4, -0.2) is 13.4 Å². The summed E-state index contributed by atoms with van der Waals surface area (Å²) in [5, 5.41) is 3.01. The van der Waals surface area contributed by atoms with Gasteiger partial charge < -0.3 is 5.73 Å².